The van der Waals surface area contributed by atoms with Crippen molar-refractivity contribution in [3.63, 3.8) is 0 Å². The number of benzene rings is 1. The van der Waals surface area contributed by atoms with Gasteiger partial charge in [0.1, 0.15) is 0 Å². The number of rotatable bonds is 3. The quantitative estimate of drug-likeness (QED) is 0.767. The first-order valence-corrected chi connectivity index (χ1v) is 6.49. The van der Waals surface area contributed by atoms with E-state index in [1.807, 2.05) is 30.5 Å². The summed E-state index contributed by atoms with van der Waals surface area (Å²) < 4.78 is 5.35. The molecular formula is C14H17N3O2. The van der Waals surface area contributed by atoms with E-state index >= 15 is 0 Å². The number of amides is 1. The Kier molecular flexibility index (Phi) is 3.48. The van der Waals surface area contributed by atoms with Crippen molar-refractivity contribution in [2.75, 3.05) is 26.3 Å². The van der Waals surface area contributed by atoms with E-state index in [4.69, 9.17) is 4.74 Å². The lowest BCUT2D eigenvalue weighted by molar-refractivity contribution is 0.0735. The summed E-state index contributed by atoms with van der Waals surface area (Å²) in [5.74, 6) is -0.0459. The largest absolute Gasteiger partial charge is 0.378 e. The smallest absolute Gasteiger partial charge is 0.251 e. The van der Waals surface area contributed by atoms with Gasteiger partial charge >= 0.3 is 0 Å². The maximum absolute atomic E-state index is 12.1. The molecule has 1 aliphatic rings. The van der Waals surface area contributed by atoms with Crippen molar-refractivity contribution in [3.8, 4) is 0 Å². The van der Waals surface area contributed by atoms with Crippen LogP contribution in [0.1, 0.15) is 10.4 Å². The maximum atomic E-state index is 12.1. The van der Waals surface area contributed by atoms with Gasteiger partial charge in [0.05, 0.1) is 13.2 Å². The summed E-state index contributed by atoms with van der Waals surface area (Å²) in [7, 11) is 0. The minimum absolute atomic E-state index is 0.0459. The molecular weight excluding hydrogens is 242 g/mol. The summed E-state index contributed by atoms with van der Waals surface area (Å²) in [6.45, 7) is 2.82. The van der Waals surface area contributed by atoms with E-state index in [2.05, 4.69) is 15.6 Å². The Morgan fingerprint density at radius 2 is 2.37 bits per heavy atom. The molecule has 1 aromatic heterocycles. The fraction of sp³-hybridized carbons (Fsp3) is 0.357. The molecule has 1 aliphatic heterocycles. The topological polar surface area (TPSA) is 66.2 Å². The van der Waals surface area contributed by atoms with Gasteiger partial charge in [-0.3, -0.25) is 4.79 Å². The lowest BCUT2D eigenvalue weighted by atomic mass is 10.1. The Morgan fingerprint density at radius 3 is 3.21 bits per heavy atom. The predicted molar refractivity (Wildman–Crippen MR) is 73.2 cm³/mol. The van der Waals surface area contributed by atoms with Gasteiger partial charge in [0.25, 0.3) is 5.91 Å². The molecule has 0 aliphatic carbocycles. The number of nitrogens with one attached hydrogen (secondary N) is 3. The van der Waals surface area contributed by atoms with Crippen LogP contribution in [0.4, 0.5) is 0 Å². The highest BCUT2D eigenvalue weighted by molar-refractivity contribution is 5.98. The van der Waals surface area contributed by atoms with Crippen LogP contribution in [-0.4, -0.2) is 43.2 Å². The van der Waals surface area contributed by atoms with Crippen LogP contribution in [-0.2, 0) is 4.74 Å². The summed E-state index contributed by atoms with van der Waals surface area (Å²) >= 11 is 0. The molecule has 1 saturated heterocycles. The molecule has 3 rings (SSSR count). The van der Waals surface area contributed by atoms with Gasteiger partial charge in [-0.15, -0.1) is 0 Å². The zero-order chi connectivity index (χ0) is 13.1. The molecule has 0 saturated carbocycles. The molecule has 1 fully saturated rings. The van der Waals surface area contributed by atoms with Gasteiger partial charge in [0.2, 0.25) is 0 Å². The van der Waals surface area contributed by atoms with Crippen LogP contribution in [0.15, 0.2) is 30.5 Å². The number of H-pyrrole nitrogens is 1. The van der Waals surface area contributed by atoms with Crippen molar-refractivity contribution < 1.29 is 9.53 Å². The molecule has 3 N–H and O–H groups in total. The minimum atomic E-state index is -0.0459. The maximum Gasteiger partial charge on any atom is 0.251 e. The number of fused-ring (bicyclic) bond motifs is 1. The van der Waals surface area contributed by atoms with E-state index in [0.717, 1.165) is 24.1 Å². The Balaban J connectivity index is 1.62. The van der Waals surface area contributed by atoms with Gasteiger partial charge < -0.3 is 20.4 Å². The fourth-order valence-corrected chi connectivity index (χ4v) is 2.26. The van der Waals surface area contributed by atoms with Crippen LogP contribution in [0.3, 0.4) is 0 Å². The van der Waals surface area contributed by atoms with Crippen molar-refractivity contribution in [1.29, 1.82) is 0 Å². The Morgan fingerprint density at radius 1 is 1.42 bits per heavy atom. The van der Waals surface area contributed by atoms with Crippen molar-refractivity contribution in [3.05, 3.63) is 36.0 Å². The Hall–Kier alpha value is -1.85. The molecule has 100 valence electrons. The summed E-state index contributed by atoms with van der Waals surface area (Å²) in [6.07, 6.45) is 1.87. The molecule has 1 aromatic carbocycles. The third kappa shape index (κ3) is 2.77. The molecule has 0 spiro atoms. The summed E-state index contributed by atoms with van der Waals surface area (Å²) in [6, 6.07) is 7.81. The van der Waals surface area contributed by atoms with Crippen molar-refractivity contribution in [2.45, 2.75) is 6.04 Å². The zero-order valence-electron chi connectivity index (χ0n) is 10.6. The van der Waals surface area contributed by atoms with Crippen LogP contribution in [0.5, 0.6) is 0 Å². The molecule has 1 atom stereocenters. The lowest BCUT2D eigenvalue weighted by Gasteiger charge is -2.23. The third-order valence-electron chi connectivity index (χ3n) is 3.32. The van der Waals surface area contributed by atoms with E-state index in [9.17, 15) is 4.79 Å². The highest BCUT2D eigenvalue weighted by atomic mass is 16.5. The van der Waals surface area contributed by atoms with Gasteiger partial charge in [0.15, 0.2) is 0 Å². The van der Waals surface area contributed by atoms with Crippen LogP contribution in [0.2, 0.25) is 0 Å². The first-order chi connectivity index (χ1) is 9.33. The number of carbonyl (C=O) groups excluding carboxylic acids is 1. The van der Waals surface area contributed by atoms with E-state index in [0.29, 0.717) is 18.7 Å². The lowest BCUT2D eigenvalue weighted by Crippen LogP contribution is -2.48. The van der Waals surface area contributed by atoms with Crippen molar-refractivity contribution in [2.24, 2.45) is 0 Å². The zero-order valence-corrected chi connectivity index (χ0v) is 10.6. The molecule has 0 bridgehead atoms. The number of morpholine rings is 1. The standard InChI is InChI=1S/C14H17N3O2/c18-14(17-8-12-9-19-6-5-15-12)11-1-2-13-10(7-11)3-4-16-13/h1-4,7,12,15-16H,5-6,8-9H2,(H,17,18). The number of hydrogen-bond acceptors (Lipinski definition) is 3. The van der Waals surface area contributed by atoms with Crippen LogP contribution >= 0.6 is 0 Å². The first-order valence-electron chi connectivity index (χ1n) is 6.49. The highest BCUT2D eigenvalue weighted by Crippen LogP contribution is 2.14. The average Bonchev–Trinajstić information content (AvgIpc) is 2.93. The fourth-order valence-electron chi connectivity index (χ4n) is 2.26. The third-order valence-corrected chi connectivity index (χ3v) is 3.32. The number of aromatic nitrogens is 1. The van der Waals surface area contributed by atoms with E-state index in [-0.39, 0.29) is 11.9 Å². The molecule has 19 heavy (non-hydrogen) atoms. The summed E-state index contributed by atoms with van der Waals surface area (Å²) in [5, 5.41) is 7.29. The second-order valence-electron chi connectivity index (χ2n) is 4.72. The van der Waals surface area contributed by atoms with Gasteiger partial charge in [0, 0.05) is 41.8 Å². The molecule has 2 heterocycles. The van der Waals surface area contributed by atoms with Crippen molar-refractivity contribution >= 4 is 16.8 Å². The first kappa shape index (κ1) is 12.2. The average molecular weight is 259 g/mol. The second kappa shape index (κ2) is 5.42. The minimum Gasteiger partial charge on any atom is -0.378 e. The summed E-state index contributed by atoms with van der Waals surface area (Å²) in [5.41, 5.74) is 1.72. The van der Waals surface area contributed by atoms with Gasteiger partial charge in [-0.1, -0.05) is 0 Å². The van der Waals surface area contributed by atoms with Crippen LogP contribution < -0.4 is 10.6 Å². The van der Waals surface area contributed by atoms with E-state index in [1.165, 1.54) is 0 Å². The van der Waals surface area contributed by atoms with Crippen LogP contribution in [0, 0.1) is 0 Å². The predicted octanol–water partition coefficient (Wildman–Crippen LogP) is 0.886. The number of carbonyl (C=O) groups is 1. The van der Waals surface area contributed by atoms with E-state index in [1.54, 1.807) is 0 Å². The van der Waals surface area contributed by atoms with E-state index < -0.39 is 0 Å². The number of aromatic amines is 1. The van der Waals surface area contributed by atoms with Gasteiger partial charge in [-0.05, 0) is 24.3 Å². The van der Waals surface area contributed by atoms with Gasteiger partial charge in [-0.2, -0.15) is 0 Å². The van der Waals surface area contributed by atoms with Crippen molar-refractivity contribution in [1.82, 2.24) is 15.6 Å². The Bertz CT molecular complexity index is 573. The molecule has 2 aromatic rings. The molecule has 5 nitrogen and oxygen atoms in total. The van der Waals surface area contributed by atoms with Crippen LogP contribution in [0.25, 0.3) is 10.9 Å². The van der Waals surface area contributed by atoms with Gasteiger partial charge in [-0.25, -0.2) is 0 Å². The summed E-state index contributed by atoms with van der Waals surface area (Å²) in [4.78, 5) is 15.2. The molecule has 5 heteroatoms. The monoisotopic (exact) mass is 259 g/mol. The highest BCUT2D eigenvalue weighted by Gasteiger charge is 2.14. The normalized spacial score (nSPS) is 19.5. The molecule has 1 amide bonds. The Labute approximate surface area is 111 Å². The second-order valence-corrected chi connectivity index (χ2v) is 4.72. The number of hydrogen-bond donors (Lipinski definition) is 3. The molecule has 1 unspecified atom stereocenters. The number of ether oxygens (including phenoxy) is 1. The molecule has 0 radical (unpaired) electrons. The SMILES string of the molecule is O=C(NCC1COCCN1)c1ccc2[nH]ccc2c1.